The molecule has 0 saturated carbocycles. The lowest BCUT2D eigenvalue weighted by atomic mass is 9.93. The van der Waals surface area contributed by atoms with Gasteiger partial charge in [0.05, 0.1) is 11.7 Å². The summed E-state index contributed by atoms with van der Waals surface area (Å²) in [6.07, 6.45) is 0.111. The maximum atomic E-state index is 13.0. The lowest BCUT2D eigenvalue weighted by molar-refractivity contribution is -0.137. The van der Waals surface area contributed by atoms with E-state index < -0.39 is 22.9 Å². The van der Waals surface area contributed by atoms with Gasteiger partial charge < -0.3 is 9.29 Å². The molecule has 1 aromatic heterocycles. The average Bonchev–Trinajstić information content (AvgIpc) is 2.61. The smallest absolute Gasteiger partial charge is 0.416 e. The van der Waals surface area contributed by atoms with Crippen LogP contribution in [-0.4, -0.2) is 27.1 Å². The van der Waals surface area contributed by atoms with Gasteiger partial charge in [-0.05, 0) is 49.6 Å². The topological polar surface area (TPSA) is 45.2 Å². The van der Waals surface area contributed by atoms with Crippen molar-refractivity contribution in [3.05, 3.63) is 53.7 Å². The first-order chi connectivity index (χ1) is 12.7. The Balaban J connectivity index is 1.74. The Hall–Kier alpha value is -1.22. The molecule has 3 nitrogen and oxygen atoms in total. The number of hydrogen-bond acceptors (Lipinski definition) is 4. The van der Waals surface area contributed by atoms with Gasteiger partial charge >= 0.3 is 6.18 Å². The minimum Gasteiger partial charge on any atom is -0.610 e. The van der Waals surface area contributed by atoms with Crippen LogP contribution < -0.4 is 0 Å². The van der Waals surface area contributed by atoms with Gasteiger partial charge in [-0.25, -0.2) is 4.98 Å². The molecule has 1 fully saturated rings. The molecule has 0 amide bonds. The molecule has 0 aliphatic carbocycles. The predicted octanol–water partition coefficient (Wildman–Crippen LogP) is 5.24. The highest BCUT2D eigenvalue weighted by Gasteiger charge is 2.36. The molecule has 3 rings (SSSR count). The molecule has 1 aliphatic rings. The summed E-state index contributed by atoms with van der Waals surface area (Å²) in [5.41, 5.74) is 0.256. The molecule has 27 heavy (non-hydrogen) atoms. The Morgan fingerprint density at radius 1 is 1.30 bits per heavy atom. The second-order valence-corrected chi connectivity index (χ2v) is 9.76. The summed E-state index contributed by atoms with van der Waals surface area (Å²) in [6.45, 7) is 2.57. The monoisotopic (exact) mass is 415 g/mol. The largest absolute Gasteiger partial charge is 0.610 e. The molecular formula is C19H20F3NO2S2. The van der Waals surface area contributed by atoms with Crippen LogP contribution in [0, 0.1) is 0 Å². The highest BCUT2D eigenvalue weighted by Crippen LogP contribution is 2.46. The fourth-order valence-electron chi connectivity index (χ4n) is 3.05. The van der Waals surface area contributed by atoms with E-state index in [1.54, 1.807) is 24.6 Å². The first-order valence-electron chi connectivity index (χ1n) is 8.44. The standard InChI is InChI=1S/C19H20F3NO2S2/c1-18(26-15-5-3-4-14(10-15)19(20,21)22)8-9-25-16(11-18)13-6-7-17(23-12-13)27(2)24/h3-7,10,12,16H,8-9,11H2,1-2H3. The Bertz CT molecular complexity index is 783. The van der Waals surface area contributed by atoms with Gasteiger partial charge in [-0.15, -0.1) is 11.8 Å². The second kappa shape index (κ2) is 8.03. The number of thioether (sulfide) groups is 1. The third-order valence-electron chi connectivity index (χ3n) is 4.52. The number of nitrogens with zero attached hydrogens (tertiary/aromatic N) is 1. The first-order valence-corrected chi connectivity index (χ1v) is 10.8. The van der Waals surface area contributed by atoms with E-state index in [-0.39, 0.29) is 10.9 Å². The number of ether oxygens (including phenoxy) is 1. The van der Waals surface area contributed by atoms with Crippen LogP contribution in [0.3, 0.4) is 0 Å². The second-order valence-electron chi connectivity index (χ2n) is 6.78. The van der Waals surface area contributed by atoms with Crippen molar-refractivity contribution in [2.24, 2.45) is 0 Å². The third-order valence-corrected chi connectivity index (χ3v) is 6.70. The van der Waals surface area contributed by atoms with E-state index in [4.69, 9.17) is 4.74 Å². The van der Waals surface area contributed by atoms with Crippen LogP contribution in [0.25, 0.3) is 0 Å². The van der Waals surface area contributed by atoms with E-state index in [1.807, 2.05) is 6.07 Å². The molecule has 0 radical (unpaired) electrons. The van der Waals surface area contributed by atoms with E-state index in [9.17, 15) is 17.7 Å². The van der Waals surface area contributed by atoms with E-state index in [0.29, 0.717) is 22.9 Å². The van der Waals surface area contributed by atoms with Crippen LogP contribution in [0.4, 0.5) is 13.2 Å². The van der Waals surface area contributed by atoms with Crippen LogP contribution in [0.1, 0.15) is 37.0 Å². The molecule has 1 aliphatic heterocycles. The number of rotatable bonds is 4. The van der Waals surface area contributed by atoms with Crippen molar-refractivity contribution in [3.63, 3.8) is 0 Å². The fourth-order valence-corrected chi connectivity index (χ4v) is 4.83. The van der Waals surface area contributed by atoms with Crippen LogP contribution in [0.2, 0.25) is 0 Å². The summed E-state index contributed by atoms with van der Waals surface area (Å²) in [4.78, 5) is 4.81. The SMILES string of the molecule is C[S+]([O-])c1ccc(C2CC(C)(Sc3cccc(C(F)(F)F)c3)CCO2)cn1. The highest BCUT2D eigenvalue weighted by atomic mass is 32.2. The molecule has 8 heteroatoms. The van der Waals surface area contributed by atoms with Crippen molar-refractivity contribution in [1.29, 1.82) is 0 Å². The molecule has 0 N–H and O–H groups in total. The summed E-state index contributed by atoms with van der Waals surface area (Å²) < 4.78 is 56.0. The summed E-state index contributed by atoms with van der Waals surface area (Å²) in [5, 5.41) is 0.510. The van der Waals surface area contributed by atoms with Gasteiger partial charge in [0.1, 0.15) is 6.26 Å². The molecule has 0 spiro atoms. The third kappa shape index (κ3) is 5.19. The number of benzene rings is 1. The maximum Gasteiger partial charge on any atom is 0.416 e. The van der Waals surface area contributed by atoms with Crippen molar-refractivity contribution < 1.29 is 22.5 Å². The zero-order chi connectivity index (χ0) is 19.7. The maximum absolute atomic E-state index is 13.0. The molecular weight excluding hydrogens is 395 g/mol. The number of hydrogen-bond donors (Lipinski definition) is 0. The van der Waals surface area contributed by atoms with Crippen LogP contribution in [0.5, 0.6) is 0 Å². The van der Waals surface area contributed by atoms with Gasteiger partial charge in [0.25, 0.3) is 0 Å². The van der Waals surface area contributed by atoms with Gasteiger partial charge in [0.2, 0.25) is 5.03 Å². The summed E-state index contributed by atoms with van der Waals surface area (Å²) in [5.74, 6) is 0. The van der Waals surface area contributed by atoms with Crippen molar-refractivity contribution in [3.8, 4) is 0 Å². The summed E-state index contributed by atoms with van der Waals surface area (Å²) in [7, 11) is 0. The van der Waals surface area contributed by atoms with Crippen molar-refractivity contribution in [1.82, 2.24) is 4.98 Å². The Kier molecular flexibility index (Phi) is 6.10. The van der Waals surface area contributed by atoms with Crippen molar-refractivity contribution in [2.75, 3.05) is 12.9 Å². The molecule has 0 bridgehead atoms. The van der Waals surface area contributed by atoms with Crippen molar-refractivity contribution in [2.45, 2.75) is 46.7 Å². The predicted molar refractivity (Wildman–Crippen MR) is 100 cm³/mol. The zero-order valence-electron chi connectivity index (χ0n) is 15.0. The van der Waals surface area contributed by atoms with E-state index in [0.717, 1.165) is 18.1 Å². The molecule has 2 aromatic rings. The minimum atomic E-state index is -4.34. The minimum absolute atomic E-state index is 0.186. The molecule has 3 unspecified atom stereocenters. The van der Waals surface area contributed by atoms with Gasteiger partial charge in [-0.2, -0.15) is 13.2 Å². The summed E-state index contributed by atoms with van der Waals surface area (Å²) >= 11 is 0.313. The molecule has 146 valence electrons. The first kappa shape index (κ1) is 20.5. The van der Waals surface area contributed by atoms with E-state index in [1.165, 1.54) is 23.9 Å². The normalized spacial score (nSPS) is 24.6. The molecule has 1 aromatic carbocycles. The Morgan fingerprint density at radius 3 is 2.70 bits per heavy atom. The summed E-state index contributed by atoms with van der Waals surface area (Å²) in [6, 6.07) is 9.02. The Labute approximate surface area is 163 Å². The lowest BCUT2D eigenvalue weighted by Gasteiger charge is -2.38. The number of pyridine rings is 1. The highest BCUT2D eigenvalue weighted by molar-refractivity contribution is 8.00. The van der Waals surface area contributed by atoms with Crippen LogP contribution >= 0.6 is 11.8 Å². The van der Waals surface area contributed by atoms with Crippen molar-refractivity contribution >= 4 is 22.9 Å². The number of halogens is 3. The number of aromatic nitrogens is 1. The van der Waals surface area contributed by atoms with Gasteiger partial charge in [0.15, 0.2) is 0 Å². The van der Waals surface area contributed by atoms with Gasteiger partial charge in [0, 0.05) is 39.7 Å². The van der Waals surface area contributed by atoms with Gasteiger partial charge in [-0.1, -0.05) is 6.07 Å². The van der Waals surface area contributed by atoms with Crippen LogP contribution in [-0.2, 0) is 22.1 Å². The number of alkyl halides is 3. The average molecular weight is 416 g/mol. The lowest BCUT2D eigenvalue weighted by Crippen LogP contribution is -2.31. The van der Waals surface area contributed by atoms with Gasteiger partial charge in [-0.3, -0.25) is 0 Å². The van der Waals surface area contributed by atoms with E-state index in [2.05, 4.69) is 11.9 Å². The fraction of sp³-hybridized carbons (Fsp3) is 0.421. The Morgan fingerprint density at radius 2 is 2.07 bits per heavy atom. The molecule has 2 heterocycles. The zero-order valence-corrected chi connectivity index (χ0v) is 16.6. The van der Waals surface area contributed by atoms with E-state index >= 15 is 0 Å². The molecule has 3 atom stereocenters. The molecule has 1 saturated heterocycles. The quantitative estimate of drug-likeness (QED) is 0.641. The van der Waals surface area contributed by atoms with Crippen LogP contribution in [0.15, 0.2) is 52.5 Å².